The maximum absolute atomic E-state index is 11.0. The summed E-state index contributed by atoms with van der Waals surface area (Å²) >= 11 is 0. The summed E-state index contributed by atoms with van der Waals surface area (Å²) in [5.41, 5.74) is 1.19. The third kappa shape index (κ3) is 3.84. The van der Waals surface area contributed by atoms with E-state index in [1.807, 2.05) is 30.3 Å². The van der Waals surface area contributed by atoms with Crippen LogP contribution in [0.15, 0.2) is 83.9 Å². The summed E-state index contributed by atoms with van der Waals surface area (Å²) < 4.78 is 5.71. The molecule has 24 heavy (non-hydrogen) atoms. The third-order valence-electron chi connectivity index (χ3n) is 3.30. The van der Waals surface area contributed by atoms with Gasteiger partial charge in [-0.25, -0.2) is 0 Å². The highest BCUT2D eigenvalue weighted by Crippen LogP contribution is 2.24. The van der Waals surface area contributed by atoms with Crippen LogP contribution in [0, 0.1) is 10.1 Å². The van der Waals surface area contributed by atoms with Gasteiger partial charge in [0.25, 0.3) is 5.69 Å². The molecule has 0 spiro atoms. The van der Waals surface area contributed by atoms with Crippen LogP contribution in [0.1, 0.15) is 5.56 Å². The first-order valence-corrected chi connectivity index (χ1v) is 7.33. The second-order valence-corrected chi connectivity index (χ2v) is 4.98. The Kier molecular flexibility index (Phi) is 4.62. The molecule has 118 valence electrons. The molecule has 3 rings (SSSR count). The number of ether oxygens (including phenoxy) is 1. The molecule has 5 heteroatoms. The van der Waals surface area contributed by atoms with Crippen molar-refractivity contribution < 1.29 is 9.66 Å². The van der Waals surface area contributed by atoms with Crippen LogP contribution in [0.3, 0.4) is 0 Å². The molecule has 0 aliphatic rings. The summed E-state index contributed by atoms with van der Waals surface area (Å²) in [7, 11) is 0. The van der Waals surface area contributed by atoms with Crippen molar-refractivity contribution in [3.63, 3.8) is 0 Å². The lowest BCUT2D eigenvalue weighted by Gasteiger charge is -2.05. The summed E-state index contributed by atoms with van der Waals surface area (Å²) in [6, 6.07) is 23.2. The van der Waals surface area contributed by atoms with Crippen molar-refractivity contribution in [1.29, 1.82) is 0 Å². The predicted molar refractivity (Wildman–Crippen MR) is 93.3 cm³/mol. The van der Waals surface area contributed by atoms with E-state index in [1.54, 1.807) is 42.5 Å². The van der Waals surface area contributed by atoms with Gasteiger partial charge in [-0.3, -0.25) is 15.1 Å². The minimum absolute atomic E-state index is 0.0327. The van der Waals surface area contributed by atoms with Crippen molar-refractivity contribution in [2.75, 3.05) is 0 Å². The quantitative estimate of drug-likeness (QED) is 0.372. The van der Waals surface area contributed by atoms with E-state index >= 15 is 0 Å². The van der Waals surface area contributed by atoms with Crippen molar-refractivity contribution in [1.82, 2.24) is 0 Å². The molecule has 0 amide bonds. The lowest BCUT2D eigenvalue weighted by molar-refractivity contribution is -0.385. The van der Waals surface area contributed by atoms with Gasteiger partial charge in [0.05, 0.1) is 16.2 Å². The maximum Gasteiger partial charge on any atom is 0.278 e. The number of rotatable bonds is 5. The second-order valence-electron chi connectivity index (χ2n) is 4.98. The van der Waals surface area contributed by atoms with E-state index in [0.29, 0.717) is 17.0 Å². The van der Waals surface area contributed by atoms with E-state index in [1.165, 1.54) is 12.3 Å². The highest BCUT2D eigenvalue weighted by molar-refractivity contribution is 5.87. The number of nitro benzene ring substituents is 1. The van der Waals surface area contributed by atoms with Gasteiger partial charge in [0.15, 0.2) is 0 Å². The third-order valence-corrected chi connectivity index (χ3v) is 3.30. The first-order chi connectivity index (χ1) is 11.7. The van der Waals surface area contributed by atoms with Crippen molar-refractivity contribution in [3.8, 4) is 11.5 Å². The highest BCUT2D eigenvalue weighted by Gasteiger charge is 2.09. The van der Waals surface area contributed by atoms with Crippen molar-refractivity contribution >= 4 is 17.6 Å². The van der Waals surface area contributed by atoms with Gasteiger partial charge in [0, 0.05) is 12.3 Å². The Bertz CT molecular complexity index is 859. The molecule has 0 fully saturated rings. The molecule has 0 unspecified atom stereocenters. The van der Waals surface area contributed by atoms with Crippen LogP contribution in [0.2, 0.25) is 0 Å². The van der Waals surface area contributed by atoms with E-state index in [-0.39, 0.29) is 5.69 Å². The molecule has 0 saturated heterocycles. The van der Waals surface area contributed by atoms with Crippen molar-refractivity contribution in [2.24, 2.45) is 4.99 Å². The first-order valence-electron chi connectivity index (χ1n) is 7.33. The fraction of sp³-hybridized carbons (Fsp3) is 0. The van der Waals surface area contributed by atoms with Gasteiger partial charge in [-0.15, -0.1) is 0 Å². The monoisotopic (exact) mass is 318 g/mol. The molecule has 0 aliphatic carbocycles. The smallest absolute Gasteiger partial charge is 0.278 e. The molecule has 0 atom stereocenters. The normalized spacial score (nSPS) is 10.7. The summed E-state index contributed by atoms with van der Waals surface area (Å²) in [5, 5.41) is 11.0. The SMILES string of the molecule is O=[N+]([O-])c1ccccc1C=Nc1ccc(Oc2ccccc2)cc1. The van der Waals surface area contributed by atoms with Gasteiger partial charge >= 0.3 is 0 Å². The van der Waals surface area contributed by atoms with Crippen LogP contribution in [-0.2, 0) is 0 Å². The standard InChI is InChI=1S/C19H14N2O3/c22-21(23)19-9-5-4-6-15(19)14-20-16-10-12-18(13-11-16)24-17-7-2-1-3-8-17/h1-14H. The Morgan fingerprint density at radius 1 is 0.833 bits per heavy atom. The maximum atomic E-state index is 11.0. The van der Waals surface area contributed by atoms with E-state index in [9.17, 15) is 10.1 Å². The molecule has 0 aliphatic heterocycles. The number of hydrogen-bond donors (Lipinski definition) is 0. The zero-order valence-corrected chi connectivity index (χ0v) is 12.7. The fourth-order valence-electron chi connectivity index (χ4n) is 2.13. The molecule has 0 aromatic heterocycles. The lowest BCUT2D eigenvalue weighted by atomic mass is 10.2. The fourth-order valence-corrected chi connectivity index (χ4v) is 2.13. The van der Waals surface area contributed by atoms with Crippen LogP contribution in [-0.4, -0.2) is 11.1 Å². The highest BCUT2D eigenvalue weighted by atomic mass is 16.6. The Labute approximate surface area is 139 Å². The molecule has 5 nitrogen and oxygen atoms in total. The number of nitro groups is 1. The summed E-state index contributed by atoms with van der Waals surface area (Å²) in [5.74, 6) is 1.46. The Balaban J connectivity index is 1.74. The Hall–Kier alpha value is -3.47. The van der Waals surface area contributed by atoms with E-state index < -0.39 is 4.92 Å². The number of hydrogen-bond acceptors (Lipinski definition) is 4. The largest absolute Gasteiger partial charge is 0.457 e. The molecule has 3 aromatic carbocycles. The van der Waals surface area contributed by atoms with Gasteiger partial charge in [0.2, 0.25) is 0 Å². The van der Waals surface area contributed by atoms with Crippen LogP contribution < -0.4 is 4.74 Å². The topological polar surface area (TPSA) is 64.7 Å². The lowest BCUT2D eigenvalue weighted by Crippen LogP contribution is -1.93. The minimum Gasteiger partial charge on any atom is -0.457 e. The zero-order valence-electron chi connectivity index (χ0n) is 12.7. The van der Waals surface area contributed by atoms with Crippen LogP contribution in [0.5, 0.6) is 11.5 Å². The molecular formula is C19H14N2O3. The molecule has 0 radical (unpaired) electrons. The average molecular weight is 318 g/mol. The van der Waals surface area contributed by atoms with Gasteiger partial charge in [-0.05, 0) is 42.5 Å². The number of benzene rings is 3. The summed E-state index contributed by atoms with van der Waals surface area (Å²) in [6.45, 7) is 0. The molecule has 0 saturated carbocycles. The average Bonchev–Trinajstić information content (AvgIpc) is 2.62. The van der Waals surface area contributed by atoms with E-state index in [0.717, 1.165) is 5.75 Å². The zero-order chi connectivity index (χ0) is 16.8. The Morgan fingerprint density at radius 2 is 1.46 bits per heavy atom. The van der Waals surface area contributed by atoms with Crippen LogP contribution in [0.4, 0.5) is 11.4 Å². The molecular weight excluding hydrogens is 304 g/mol. The van der Waals surface area contributed by atoms with Gasteiger partial charge < -0.3 is 4.74 Å². The summed E-state index contributed by atoms with van der Waals surface area (Å²) in [4.78, 5) is 14.8. The molecule has 3 aromatic rings. The summed E-state index contributed by atoms with van der Waals surface area (Å²) in [6.07, 6.45) is 1.49. The Morgan fingerprint density at radius 3 is 2.17 bits per heavy atom. The number of nitrogens with zero attached hydrogens (tertiary/aromatic N) is 2. The van der Waals surface area contributed by atoms with Crippen LogP contribution >= 0.6 is 0 Å². The number of aliphatic imine (C=N–C) groups is 1. The van der Waals surface area contributed by atoms with E-state index in [2.05, 4.69) is 4.99 Å². The molecule has 0 bridgehead atoms. The van der Waals surface area contributed by atoms with E-state index in [4.69, 9.17) is 4.74 Å². The predicted octanol–water partition coefficient (Wildman–Crippen LogP) is 5.14. The minimum atomic E-state index is -0.419. The van der Waals surface area contributed by atoms with Gasteiger partial charge in [-0.1, -0.05) is 30.3 Å². The second kappa shape index (κ2) is 7.19. The first kappa shape index (κ1) is 15.4. The van der Waals surface area contributed by atoms with Crippen LogP contribution in [0.25, 0.3) is 0 Å². The molecule has 0 N–H and O–H groups in total. The van der Waals surface area contributed by atoms with Crippen molar-refractivity contribution in [3.05, 3.63) is 94.5 Å². The van der Waals surface area contributed by atoms with Crippen molar-refractivity contribution in [2.45, 2.75) is 0 Å². The van der Waals surface area contributed by atoms with Gasteiger partial charge in [0.1, 0.15) is 11.5 Å². The van der Waals surface area contributed by atoms with Gasteiger partial charge in [-0.2, -0.15) is 0 Å². The molecule has 0 heterocycles. The number of para-hydroxylation sites is 2.